The monoisotopic (exact) mass is 492 g/mol. The summed E-state index contributed by atoms with van der Waals surface area (Å²) in [6, 6.07) is 18.0. The van der Waals surface area contributed by atoms with Gasteiger partial charge in [-0.1, -0.05) is 30.3 Å². The summed E-state index contributed by atoms with van der Waals surface area (Å²) in [5.74, 6) is 0.377. The van der Waals surface area contributed by atoms with Gasteiger partial charge in [0.1, 0.15) is 0 Å². The number of ether oxygens (including phenoxy) is 1. The number of benzene rings is 2. The highest BCUT2D eigenvalue weighted by atomic mass is 16.5. The largest absolute Gasteiger partial charge is 0.417 e. The highest BCUT2D eigenvalue weighted by Crippen LogP contribution is 2.29. The van der Waals surface area contributed by atoms with Gasteiger partial charge in [0.05, 0.1) is 41.8 Å². The number of morpholine rings is 1. The molecule has 0 spiro atoms. The molecule has 4 aromatic heterocycles. The molecular weight excluding hydrogens is 468 g/mol. The van der Waals surface area contributed by atoms with Gasteiger partial charge in [0.25, 0.3) is 0 Å². The number of hydrogen-bond donors (Lipinski definition) is 1. The fourth-order valence-corrected chi connectivity index (χ4v) is 4.95. The highest BCUT2D eigenvalue weighted by Gasteiger charge is 2.20. The lowest BCUT2D eigenvalue weighted by atomic mass is 10.1. The van der Waals surface area contributed by atoms with E-state index in [-0.39, 0.29) is 0 Å². The number of H-pyrrole nitrogens is 1. The Hall–Kier alpha value is -4.50. The van der Waals surface area contributed by atoms with Gasteiger partial charge in [-0.15, -0.1) is 0 Å². The van der Waals surface area contributed by atoms with E-state index >= 15 is 0 Å². The van der Waals surface area contributed by atoms with Gasteiger partial charge in [0.15, 0.2) is 17.0 Å². The maximum Gasteiger partial charge on any atom is 0.417 e. The van der Waals surface area contributed by atoms with Crippen molar-refractivity contribution in [3.8, 4) is 11.3 Å². The van der Waals surface area contributed by atoms with E-state index in [1.54, 1.807) is 0 Å². The molecule has 1 aliphatic heterocycles. The number of oxazole rings is 1. The standard InChI is InChI=1S/C28H24N6O3/c35-28-32-23-10-6-19(15-25(23)37-28)24-16-29-26(33-11-13-36-14-12-33)27-31-21(17-34(24)27)9-8-20-7-5-18-3-1-2-4-22(18)30-20/h1-7,10,15-17H,8-9,11-14H2,(H,32,35). The van der Waals surface area contributed by atoms with Gasteiger partial charge in [-0.3, -0.25) is 14.4 Å². The van der Waals surface area contributed by atoms with Gasteiger partial charge < -0.3 is 14.1 Å². The van der Waals surface area contributed by atoms with E-state index in [4.69, 9.17) is 24.1 Å². The second-order valence-electron chi connectivity index (χ2n) is 9.21. The number of nitrogens with one attached hydrogen (secondary N) is 1. The zero-order valence-electron chi connectivity index (χ0n) is 20.1. The molecule has 0 bridgehead atoms. The Labute approximate surface area is 211 Å². The summed E-state index contributed by atoms with van der Waals surface area (Å²) in [4.78, 5) is 31.3. The third-order valence-corrected chi connectivity index (χ3v) is 6.85. The first-order valence-corrected chi connectivity index (χ1v) is 12.4. The number of para-hydroxylation sites is 1. The third kappa shape index (κ3) is 4.03. The topological polar surface area (TPSA) is 102 Å². The maximum atomic E-state index is 11.7. The minimum atomic E-state index is -0.467. The molecule has 7 rings (SSSR count). The van der Waals surface area contributed by atoms with E-state index < -0.39 is 5.76 Å². The minimum absolute atomic E-state index is 0.467. The molecule has 6 aromatic rings. The second kappa shape index (κ2) is 8.86. The van der Waals surface area contributed by atoms with Crippen molar-refractivity contribution in [1.82, 2.24) is 24.3 Å². The van der Waals surface area contributed by atoms with Crippen LogP contribution in [-0.2, 0) is 17.6 Å². The molecule has 5 heterocycles. The summed E-state index contributed by atoms with van der Waals surface area (Å²) in [7, 11) is 0. The number of aryl methyl sites for hydroxylation is 2. The Morgan fingerprint density at radius 2 is 1.81 bits per heavy atom. The van der Waals surface area contributed by atoms with Crippen molar-refractivity contribution in [2.45, 2.75) is 12.8 Å². The van der Waals surface area contributed by atoms with Crippen LogP contribution >= 0.6 is 0 Å². The van der Waals surface area contributed by atoms with Crippen LogP contribution in [0.2, 0.25) is 0 Å². The second-order valence-corrected chi connectivity index (χ2v) is 9.21. The first kappa shape index (κ1) is 21.8. The van der Waals surface area contributed by atoms with Crippen LogP contribution < -0.4 is 10.7 Å². The number of rotatable bonds is 5. The van der Waals surface area contributed by atoms with Crippen LogP contribution in [-0.4, -0.2) is 50.6 Å². The van der Waals surface area contributed by atoms with Gasteiger partial charge in [-0.25, -0.2) is 14.8 Å². The third-order valence-electron chi connectivity index (χ3n) is 6.85. The summed E-state index contributed by atoms with van der Waals surface area (Å²) >= 11 is 0. The summed E-state index contributed by atoms with van der Waals surface area (Å²) in [5.41, 5.74) is 6.75. The predicted molar refractivity (Wildman–Crippen MR) is 141 cm³/mol. The number of hydrogen-bond acceptors (Lipinski definition) is 7. The van der Waals surface area contributed by atoms with Crippen molar-refractivity contribution < 1.29 is 9.15 Å². The van der Waals surface area contributed by atoms with E-state index in [0.29, 0.717) is 24.3 Å². The zero-order chi connectivity index (χ0) is 24.8. The molecule has 1 saturated heterocycles. The summed E-state index contributed by atoms with van der Waals surface area (Å²) in [5, 5.41) is 1.14. The molecule has 184 valence electrons. The SMILES string of the molecule is O=c1[nH]c2ccc(-c3cnc(N4CCOCC4)c4nc(CCc5ccc6ccccc6n5)cn34)cc2o1. The first-order chi connectivity index (χ1) is 18.2. The smallest absolute Gasteiger partial charge is 0.408 e. The van der Waals surface area contributed by atoms with E-state index in [9.17, 15) is 4.79 Å². The minimum Gasteiger partial charge on any atom is -0.408 e. The molecule has 9 heteroatoms. The predicted octanol–water partition coefficient (Wildman–Crippen LogP) is 4.00. The molecule has 9 nitrogen and oxygen atoms in total. The van der Waals surface area contributed by atoms with Crippen LogP contribution in [0.3, 0.4) is 0 Å². The zero-order valence-corrected chi connectivity index (χ0v) is 20.1. The van der Waals surface area contributed by atoms with Gasteiger partial charge in [-0.05, 0) is 37.1 Å². The molecular formula is C28H24N6O3. The lowest BCUT2D eigenvalue weighted by Crippen LogP contribution is -2.37. The number of aromatic amines is 1. The van der Waals surface area contributed by atoms with Crippen LogP contribution in [0, 0.1) is 0 Å². The maximum absolute atomic E-state index is 11.7. The number of pyridine rings is 1. The van der Waals surface area contributed by atoms with Crippen LogP contribution in [0.1, 0.15) is 11.4 Å². The number of anilines is 1. The molecule has 37 heavy (non-hydrogen) atoms. The van der Waals surface area contributed by atoms with Gasteiger partial charge in [-0.2, -0.15) is 0 Å². The fourth-order valence-electron chi connectivity index (χ4n) is 4.95. The number of imidazole rings is 1. The summed E-state index contributed by atoms with van der Waals surface area (Å²) < 4.78 is 12.9. The van der Waals surface area contributed by atoms with Crippen LogP contribution in [0.25, 0.3) is 38.9 Å². The highest BCUT2D eigenvalue weighted by molar-refractivity contribution is 5.81. The summed E-state index contributed by atoms with van der Waals surface area (Å²) in [6.45, 7) is 2.87. The Bertz CT molecular complexity index is 1810. The van der Waals surface area contributed by atoms with Crippen LogP contribution in [0.4, 0.5) is 5.82 Å². The van der Waals surface area contributed by atoms with E-state index in [1.807, 2.05) is 42.6 Å². The van der Waals surface area contributed by atoms with E-state index in [1.165, 1.54) is 0 Å². The van der Waals surface area contributed by atoms with Crippen LogP contribution in [0.15, 0.2) is 76.2 Å². The molecule has 0 radical (unpaired) electrons. The van der Waals surface area contributed by atoms with Crippen LogP contribution in [0.5, 0.6) is 0 Å². The molecule has 1 N–H and O–H groups in total. The molecule has 0 unspecified atom stereocenters. The average Bonchev–Trinajstić information content (AvgIpc) is 3.54. The van der Waals surface area contributed by atoms with Gasteiger partial charge in [0, 0.05) is 35.9 Å². The van der Waals surface area contributed by atoms with Crippen molar-refractivity contribution in [3.05, 3.63) is 88.9 Å². The van der Waals surface area contributed by atoms with Crippen molar-refractivity contribution in [2.24, 2.45) is 0 Å². The number of nitrogens with zero attached hydrogens (tertiary/aromatic N) is 5. The Balaban J connectivity index is 1.28. The molecule has 1 aliphatic rings. The normalized spacial score (nSPS) is 14.2. The fraction of sp³-hybridized carbons (Fsp3) is 0.214. The van der Waals surface area contributed by atoms with Gasteiger partial charge in [0.2, 0.25) is 0 Å². The first-order valence-electron chi connectivity index (χ1n) is 12.4. The van der Waals surface area contributed by atoms with Gasteiger partial charge >= 0.3 is 5.76 Å². The Kier molecular flexibility index (Phi) is 5.21. The molecule has 0 saturated carbocycles. The van der Waals surface area contributed by atoms with Crippen molar-refractivity contribution in [3.63, 3.8) is 0 Å². The lowest BCUT2D eigenvalue weighted by molar-refractivity contribution is 0.122. The Morgan fingerprint density at radius 1 is 0.946 bits per heavy atom. The summed E-state index contributed by atoms with van der Waals surface area (Å²) in [6.07, 6.45) is 5.47. The van der Waals surface area contributed by atoms with Crippen molar-refractivity contribution in [1.29, 1.82) is 0 Å². The molecule has 1 fully saturated rings. The molecule has 0 atom stereocenters. The molecule has 0 aliphatic carbocycles. The quantitative estimate of drug-likeness (QED) is 0.388. The van der Waals surface area contributed by atoms with E-state index in [0.717, 1.165) is 70.9 Å². The van der Waals surface area contributed by atoms with Crippen molar-refractivity contribution in [2.75, 3.05) is 31.2 Å². The lowest BCUT2D eigenvalue weighted by Gasteiger charge is -2.28. The Morgan fingerprint density at radius 3 is 2.73 bits per heavy atom. The van der Waals surface area contributed by atoms with E-state index in [2.05, 4.69) is 38.7 Å². The average molecular weight is 493 g/mol. The molecule has 2 aromatic carbocycles. The number of aromatic nitrogens is 5. The van der Waals surface area contributed by atoms with Crippen molar-refractivity contribution >= 4 is 33.5 Å². The molecule has 0 amide bonds. The number of fused-ring (bicyclic) bond motifs is 3.